The summed E-state index contributed by atoms with van der Waals surface area (Å²) < 4.78 is 0. The number of nitriles is 1. The lowest BCUT2D eigenvalue weighted by Crippen LogP contribution is -1.97. The van der Waals surface area contributed by atoms with E-state index in [0.717, 1.165) is 16.8 Å². The van der Waals surface area contributed by atoms with Gasteiger partial charge in [0.15, 0.2) is 0 Å². The Morgan fingerprint density at radius 3 is 2.65 bits per heavy atom. The molecule has 5 nitrogen and oxygen atoms in total. The number of nitro benzene ring substituents is 1. The first-order valence-corrected chi connectivity index (χ1v) is 6.04. The van der Waals surface area contributed by atoms with Gasteiger partial charge in [0.25, 0.3) is 5.69 Å². The number of hydrogen-bond acceptors (Lipinski definition) is 4. The van der Waals surface area contributed by atoms with Crippen LogP contribution in [0.3, 0.4) is 0 Å². The number of rotatable bonds is 3. The van der Waals surface area contributed by atoms with Crippen LogP contribution in [0.2, 0.25) is 0 Å². The van der Waals surface area contributed by atoms with Crippen LogP contribution in [-0.4, -0.2) is 4.92 Å². The fourth-order valence-electron chi connectivity index (χ4n) is 1.90. The highest BCUT2D eigenvalue weighted by Crippen LogP contribution is 2.26. The Morgan fingerprint density at radius 2 is 2.00 bits per heavy atom. The maximum absolute atomic E-state index is 10.8. The maximum atomic E-state index is 10.8. The molecule has 0 saturated carbocycles. The fourth-order valence-corrected chi connectivity index (χ4v) is 1.90. The van der Waals surface area contributed by atoms with Gasteiger partial charge in [0, 0.05) is 17.4 Å². The van der Waals surface area contributed by atoms with Crippen LogP contribution in [0.5, 0.6) is 0 Å². The SMILES string of the molecule is Cc1cccc(Nc2ccc([N+](=O)[O-])c(C#N)c2)c1C. The Balaban J connectivity index is 2.38. The van der Waals surface area contributed by atoms with Gasteiger partial charge in [-0.05, 0) is 43.2 Å². The third kappa shape index (κ3) is 2.59. The van der Waals surface area contributed by atoms with Crippen molar-refractivity contribution in [3.8, 4) is 6.07 Å². The van der Waals surface area contributed by atoms with Gasteiger partial charge in [-0.1, -0.05) is 12.1 Å². The molecular weight excluding hydrogens is 254 g/mol. The van der Waals surface area contributed by atoms with Crippen molar-refractivity contribution >= 4 is 17.1 Å². The number of nitro groups is 1. The largest absolute Gasteiger partial charge is 0.355 e. The van der Waals surface area contributed by atoms with Gasteiger partial charge in [-0.3, -0.25) is 10.1 Å². The highest BCUT2D eigenvalue weighted by atomic mass is 16.6. The van der Waals surface area contributed by atoms with Crippen molar-refractivity contribution in [1.82, 2.24) is 0 Å². The maximum Gasteiger partial charge on any atom is 0.287 e. The van der Waals surface area contributed by atoms with Crippen molar-refractivity contribution in [1.29, 1.82) is 5.26 Å². The number of nitrogens with one attached hydrogen (secondary N) is 1. The number of benzene rings is 2. The van der Waals surface area contributed by atoms with Crippen molar-refractivity contribution in [2.75, 3.05) is 5.32 Å². The summed E-state index contributed by atoms with van der Waals surface area (Å²) in [4.78, 5) is 10.2. The van der Waals surface area contributed by atoms with Gasteiger partial charge in [0.2, 0.25) is 0 Å². The second-order valence-corrected chi connectivity index (χ2v) is 4.47. The zero-order valence-corrected chi connectivity index (χ0v) is 11.2. The molecule has 0 aromatic heterocycles. The van der Waals surface area contributed by atoms with Gasteiger partial charge >= 0.3 is 0 Å². The van der Waals surface area contributed by atoms with Gasteiger partial charge in [0.05, 0.1) is 4.92 Å². The van der Waals surface area contributed by atoms with E-state index in [4.69, 9.17) is 5.26 Å². The minimum Gasteiger partial charge on any atom is -0.355 e. The lowest BCUT2D eigenvalue weighted by molar-refractivity contribution is -0.385. The average molecular weight is 267 g/mol. The lowest BCUT2D eigenvalue weighted by atomic mass is 10.1. The number of anilines is 2. The zero-order valence-electron chi connectivity index (χ0n) is 11.2. The molecule has 1 N–H and O–H groups in total. The summed E-state index contributed by atoms with van der Waals surface area (Å²) in [5.74, 6) is 0. The zero-order chi connectivity index (χ0) is 14.7. The van der Waals surface area contributed by atoms with E-state index in [-0.39, 0.29) is 11.3 Å². The third-order valence-corrected chi connectivity index (χ3v) is 3.20. The average Bonchev–Trinajstić information content (AvgIpc) is 2.43. The van der Waals surface area contributed by atoms with Crippen molar-refractivity contribution in [2.45, 2.75) is 13.8 Å². The standard InChI is InChI=1S/C15H13N3O2/c1-10-4-3-5-14(11(10)2)17-13-6-7-15(18(19)20)12(8-13)9-16/h3-8,17H,1-2H3. The lowest BCUT2D eigenvalue weighted by Gasteiger charge is -2.11. The number of hydrogen-bond donors (Lipinski definition) is 1. The Bertz CT molecular complexity index is 718. The predicted octanol–water partition coefficient (Wildman–Crippen LogP) is 3.83. The van der Waals surface area contributed by atoms with Crippen LogP contribution in [0.1, 0.15) is 16.7 Å². The molecule has 0 aliphatic rings. The van der Waals surface area contributed by atoms with Gasteiger partial charge in [-0.15, -0.1) is 0 Å². The molecule has 2 aromatic carbocycles. The Labute approximate surface area is 116 Å². The van der Waals surface area contributed by atoms with E-state index < -0.39 is 4.92 Å². The van der Waals surface area contributed by atoms with E-state index >= 15 is 0 Å². The minimum absolute atomic E-state index is 0.0466. The fraction of sp³-hybridized carbons (Fsp3) is 0.133. The van der Waals surface area contributed by atoms with Gasteiger partial charge in [0.1, 0.15) is 11.6 Å². The summed E-state index contributed by atoms with van der Waals surface area (Å²) in [6.45, 7) is 4.01. The quantitative estimate of drug-likeness (QED) is 0.677. The number of aryl methyl sites for hydroxylation is 1. The molecule has 5 heteroatoms. The molecule has 0 aliphatic heterocycles. The van der Waals surface area contributed by atoms with Crippen molar-refractivity contribution in [3.05, 3.63) is 63.2 Å². The summed E-state index contributed by atoms with van der Waals surface area (Å²) in [5.41, 5.74) is 3.69. The summed E-state index contributed by atoms with van der Waals surface area (Å²) >= 11 is 0. The molecule has 0 bridgehead atoms. The van der Waals surface area contributed by atoms with Crippen LogP contribution in [0.4, 0.5) is 17.1 Å². The molecule has 2 rings (SSSR count). The second-order valence-electron chi connectivity index (χ2n) is 4.47. The Kier molecular flexibility index (Phi) is 3.67. The van der Waals surface area contributed by atoms with Crippen LogP contribution < -0.4 is 5.32 Å². The monoisotopic (exact) mass is 267 g/mol. The van der Waals surface area contributed by atoms with Gasteiger partial charge in [-0.25, -0.2) is 0 Å². The van der Waals surface area contributed by atoms with Crippen LogP contribution in [0.25, 0.3) is 0 Å². The smallest absolute Gasteiger partial charge is 0.287 e. The minimum atomic E-state index is -0.555. The molecule has 0 heterocycles. The first-order valence-electron chi connectivity index (χ1n) is 6.04. The summed E-state index contributed by atoms with van der Waals surface area (Å²) in [6.07, 6.45) is 0. The molecule has 2 aromatic rings. The summed E-state index contributed by atoms with van der Waals surface area (Å²) in [6, 6.07) is 12.1. The first kappa shape index (κ1) is 13.6. The normalized spacial score (nSPS) is 9.85. The van der Waals surface area contributed by atoms with E-state index in [1.165, 1.54) is 12.1 Å². The molecule has 0 unspecified atom stereocenters. The van der Waals surface area contributed by atoms with Crippen LogP contribution in [-0.2, 0) is 0 Å². The summed E-state index contributed by atoms with van der Waals surface area (Å²) in [7, 11) is 0. The molecule has 0 radical (unpaired) electrons. The van der Waals surface area contributed by atoms with Crippen LogP contribution in [0, 0.1) is 35.3 Å². The van der Waals surface area contributed by atoms with Gasteiger partial charge in [-0.2, -0.15) is 5.26 Å². The Hall–Kier alpha value is -2.87. The molecule has 0 saturated heterocycles. The van der Waals surface area contributed by atoms with E-state index in [1.807, 2.05) is 38.1 Å². The molecule has 0 aliphatic carbocycles. The van der Waals surface area contributed by atoms with Crippen molar-refractivity contribution in [2.24, 2.45) is 0 Å². The van der Waals surface area contributed by atoms with E-state index in [0.29, 0.717) is 5.69 Å². The third-order valence-electron chi connectivity index (χ3n) is 3.20. The van der Waals surface area contributed by atoms with E-state index in [9.17, 15) is 10.1 Å². The molecule has 0 fully saturated rings. The highest BCUT2D eigenvalue weighted by molar-refractivity contribution is 5.67. The summed E-state index contributed by atoms with van der Waals surface area (Å²) in [5, 5.41) is 22.9. The first-order chi connectivity index (χ1) is 9.52. The number of nitrogens with zero attached hydrogens (tertiary/aromatic N) is 2. The molecular formula is C15H13N3O2. The van der Waals surface area contributed by atoms with Gasteiger partial charge < -0.3 is 5.32 Å². The molecule has 0 amide bonds. The van der Waals surface area contributed by atoms with E-state index in [1.54, 1.807) is 6.07 Å². The van der Waals surface area contributed by atoms with Crippen LogP contribution in [0.15, 0.2) is 36.4 Å². The molecule has 0 spiro atoms. The molecule has 20 heavy (non-hydrogen) atoms. The Morgan fingerprint density at radius 1 is 1.25 bits per heavy atom. The molecule has 0 atom stereocenters. The van der Waals surface area contributed by atoms with Crippen LogP contribution >= 0.6 is 0 Å². The molecule has 100 valence electrons. The van der Waals surface area contributed by atoms with Crippen molar-refractivity contribution in [3.63, 3.8) is 0 Å². The topological polar surface area (TPSA) is 79.0 Å². The second kappa shape index (κ2) is 5.41. The van der Waals surface area contributed by atoms with Crippen molar-refractivity contribution < 1.29 is 4.92 Å². The highest BCUT2D eigenvalue weighted by Gasteiger charge is 2.14. The van der Waals surface area contributed by atoms with E-state index in [2.05, 4.69) is 5.32 Å². The predicted molar refractivity (Wildman–Crippen MR) is 77.0 cm³/mol.